The molecular formula is C15H15Cl3N2O2. The Morgan fingerprint density at radius 2 is 1.86 bits per heavy atom. The van der Waals surface area contributed by atoms with Crippen LogP contribution in [-0.2, 0) is 6.42 Å². The van der Waals surface area contributed by atoms with Gasteiger partial charge in [0.25, 0.3) is 5.91 Å². The highest BCUT2D eigenvalue weighted by molar-refractivity contribution is 6.68. The van der Waals surface area contributed by atoms with Crippen molar-refractivity contribution in [2.24, 2.45) is 0 Å². The molecule has 7 heteroatoms. The number of carbonyl (C=O) groups is 1. The van der Waals surface area contributed by atoms with E-state index >= 15 is 0 Å². The van der Waals surface area contributed by atoms with Gasteiger partial charge in [0.15, 0.2) is 5.76 Å². The van der Waals surface area contributed by atoms with Gasteiger partial charge in [-0.25, -0.2) is 0 Å². The number of rotatable bonds is 6. The standard InChI is InChI=1S/C15H15Cl3N2O2/c16-15(17,18)14(20-13(21)12-7-4-10-22-12)19-9-8-11-5-2-1-3-6-11/h1-7,10,14,19H,8-9H2,(H,20,21)/t14-/m1/s1. The van der Waals surface area contributed by atoms with E-state index in [9.17, 15) is 4.79 Å². The summed E-state index contributed by atoms with van der Waals surface area (Å²) in [6.45, 7) is 0.543. The first-order valence-electron chi connectivity index (χ1n) is 6.65. The molecule has 0 aliphatic heterocycles. The van der Waals surface area contributed by atoms with Crippen molar-refractivity contribution in [2.75, 3.05) is 6.54 Å². The molecule has 1 amide bonds. The molecule has 2 aromatic rings. The maximum Gasteiger partial charge on any atom is 0.288 e. The topological polar surface area (TPSA) is 54.3 Å². The third-order valence-corrected chi connectivity index (χ3v) is 3.61. The van der Waals surface area contributed by atoms with Crippen LogP contribution in [0.5, 0.6) is 0 Å². The highest BCUT2D eigenvalue weighted by atomic mass is 35.6. The minimum absolute atomic E-state index is 0.157. The third-order valence-electron chi connectivity index (χ3n) is 2.95. The molecule has 0 aliphatic carbocycles. The SMILES string of the molecule is O=C(N[C@@H](NCCc1ccccc1)C(Cl)(Cl)Cl)c1ccco1. The van der Waals surface area contributed by atoms with Crippen molar-refractivity contribution >= 4 is 40.7 Å². The summed E-state index contributed by atoms with van der Waals surface area (Å²) >= 11 is 17.7. The second-order valence-corrected chi connectivity index (χ2v) is 6.98. The smallest absolute Gasteiger partial charge is 0.288 e. The Labute approximate surface area is 143 Å². The van der Waals surface area contributed by atoms with Crippen LogP contribution in [0.15, 0.2) is 53.1 Å². The Kier molecular flexibility index (Phi) is 6.15. The van der Waals surface area contributed by atoms with Gasteiger partial charge in [-0.05, 0) is 24.1 Å². The predicted octanol–water partition coefficient (Wildman–Crippen LogP) is 3.54. The second kappa shape index (κ2) is 7.88. The summed E-state index contributed by atoms with van der Waals surface area (Å²) in [7, 11) is 0. The van der Waals surface area contributed by atoms with E-state index in [0.29, 0.717) is 6.54 Å². The number of halogens is 3. The molecule has 0 saturated heterocycles. The fourth-order valence-corrected chi connectivity index (χ4v) is 2.26. The molecule has 0 radical (unpaired) electrons. The first-order valence-corrected chi connectivity index (χ1v) is 7.78. The quantitative estimate of drug-likeness (QED) is 0.611. The maximum atomic E-state index is 12.0. The van der Waals surface area contributed by atoms with Gasteiger partial charge < -0.3 is 9.73 Å². The highest BCUT2D eigenvalue weighted by Crippen LogP contribution is 2.29. The molecule has 1 aromatic heterocycles. The molecule has 0 aliphatic rings. The van der Waals surface area contributed by atoms with Crippen LogP contribution in [-0.4, -0.2) is 22.4 Å². The monoisotopic (exact) mass is 360 g/mol. The molecule has 1 aromatic carbocycles. The molecule has 1 heterocycles. The Balaban J connectivity index is 1.91. The van der Waals surface area contributed by atoms with Gasteiger partial charge in [-0.3, -0.25) is 10.1 Å². The zero-order chi connectivity index (χ0) is 16.0. The predicted molar refractivity (Wildman–Crippen MR) is 88.4 cm³/mol. The van der Waals surface area contributed by atoms with Crippen molar-refractivity contribution in [3.63, 3.8) is 0 Å². The van der Waals surface area contributed by atoms with Gasteiger partial charge >= 0.3 is 0 Å². The van der Waals surface area contributed by atoms with Crippen LogP contribution in [0.3, 0.4) is 0 Å². The normalized spacial score (nSPS) is 12.9. The van der Waals surface area contributed by atoms with Crippen LogP contribution in [0.1, 0.15) is 16.1 Å². The molecule has 1 atom stereocenters. The molecule has 118 valence electrons. The zero-order valence-electron chi connectivity index (χ0n) is 11.6. The first-order chi connectivity index (χ1) is 10.5. The number of hydrogen-bond donors (Lipinski definition) is 2. The fourth-order valence-electron chi connectivity index (χ4n) is 1.86. The van der Waals surface area contributed by atoms with Gasteiger partial charge in [-0.15, -0.1) is 0 Å². The van der Waals surface area contributed by atoms with E-state index < -0.39 is 15.9 Å². The fraction of sp³-hybridized carbons (Fsp3) is 0.267. The summed E-state index contributed by atoms with van der Waals surface area (Å²) in [5.74, 6) is -0.294. The van der Waals surface area contributed by atoms with Crippen molar-refractivity contribution in [3.8, 4) is 0 Å². The average Bonchev–Trinajstić information content (AvgIpc) is 3.00. The van der Waals surface area contributed by atoms with Gasteiger partial charge in [0.2, 0.25) is 3.79 Å². The molecule has 0 bridgehead atoms. The van der Waals surface area contributed by atoms with E-state index in [1.54, 1.807) is 6.07 Å². The summed E-state index contributed by atoms with van der Waals surface area (Å²) in [5.41, 5.74) is 1.15. The van der Waals surface area contributed by atoms with Crippen LogP contribution in [0.25, 0.3) is 0 Å². The minimum Gasteiger partial charge on any atom is -0.459 e. The Bertz CT molecular complexity index is 583. The summed E-state index contributed by atoms with van der Waals surface area (Å²) in [4.78, 5) is 12.0. The summed E-state index contributed by atoms with van der Waals surface area (Å²) in [5, 5.41) is 5.64. The van der Waals surface area contributed by atoms with Crippen molar-refractivity contribution < 1.29 is 9.21 Å². The van der Waals surface area contributed by atoms with Crippen molar-refractivity contribution in [2.45, 2.75) is 16.4 Å². The van der Waals surface area contributed by atoms with Crippen LogP contribution in [0, 0.1) is 0 Å². The zero-order valence-corrected chi connectivity index (χ0v) is 13.8. The van der Waals surface area contributed by atoms with Gasteiger partial charge in [0.05, 0.1) is 6.26 Å². The van der Waals surface area contributed by atoms with Crippen molar-refractivity contribution in [1.29, 1.82) is 0 Å². The van der Waals surface area contributed by atoms with Gasteiger partial charge in [0, 0.05) is 6.54 Å². The van der Waals surface area contributed by atoms with Crippen LogP contribution in [0.2, 0.25) is 0 Å². The highest BCUT2D eigenvalue weighted by Gasteiger charge is 2.34. The number of amides is 1. The molecular weight excluding hydrogens is 347 g/mol. The molecule has 0 spiro atoms. The maximum absolute atomic E-state index is 12.0. The number of benzene rings is 1. The average molecular weight is 362 g/mol. The van der Waals surface area contributed by atoms with E-state index in [4.69, 9.17) is 39.2 Å². The molecule has 0 fully saturated rings. The Morgan fingerprint density at radius 3 is 2.45 bits per heavy atom. The lowest BCUT2D eigenvalue weighted by Gasteiger charge is -2.26. The van der Waals surface area contributed by atoms with E-state index in [1.807, 2.05) is 30.3 Å². The first kappa shape index (κ1) is 17.2. The van der Waals surface area contributed by atoms with E-state index in [0.717, 1.165) is 12.0 Å². The lowest BCUT2D eigenvalue weighted by atomic mass is 10.1. The Hall–Kier alpha value is -1.20. The number of furan rings is 1. The molecule has 22 heavy (non-hydrogen) atoms. The van der Waals surface area contributed by atoms with Crippen molar-refractivity contribution in [3.05, 3.63) is 60.1 Å². The summed E-state index contributed by atoms with van der Waals surface area (Å²) < 4.78 is 3.33. The van der Waals surface area contributed by atoms with E-state index in [-0.39, 0.29) is 5.76 Å². The molecule has 0 saturated carbocycles. The molecule has 2 N–H and O–H groups in total. The van der Waals surface area contributed by atoms with E-state index in [1.165, 1.54) is 12.3 Å². The molecule has 0 unspecified atom stereocenters. The van der Waals surface area contributed by atoms with Gasteiger partial charge in [0.1, 0.15) is 6.17 Å². The van der Waals surface area contributed by atoms with Gasteiger partial charge in [-0.2, -0.15) is 0 Å². The number of alkyl halides is 3. The lowest BCUT2D eigenvalue weighted by molar-refractivity contribution is 0.0902. The van der Waals surface area contributed by atoms with Crippen LogP contribution >= 0.6 is 34.8 Å². The summed E-state index contributed by atoms with van der Waals surface area (Å²) in [6.07, 6.45) is 1.32. The largest absolute Gasteiger partial charge is 0.459 e. The minimum atomic E-state index is -1.68. The van der Waals surface area contributed by atoms with Crippen molar-refractivity contribution in [1.82, 2.24) is 10.6 Å². The third kappa shape index (κ3) is 5.21. The second-order valence-electron chi connectivity index (χ2n) is 4.62. The molecule has 2 rings (SSSR count). The van der Waals surface area contributed by atoms with E-state index in [2.05, 4.69) is 10.6 Å². The van der Waals surface area contributed by atoms with Gasteiger partial charge in [-0.1, -0.05) is 65.1 Å². The number of nitrogens with one attached hydrogen (secondary N) is 2. The Morgan fingerprint density at radius 1 is 1.14 bits per heavy atom. The lowest BCUT2D eigenvalue weighted by Crippen LogP contribution is -2.53. The van der Waals surface area contributed by atoms with Crippen LogP contribution in [0.4, 0.5) is 0 Å². The molecule has 4 nitrogen and oxygen atoms in total. The number of hydrogen-bond acceptors (Lipinski definition) is 3. The summed E-state index contributed by atoms with van der Waals surface area (Å²) in [6, 6.07) is 13.0. The van der Waals surface area contributed by atoms with Crippen LogP contribution < -0.4 is 10.6 Å². The number of carbonyl (C=O) groups excluding carboxylic acids is 1.